The third-order valence-corrected chi connectivity index (χ3v) is 7.22. The lowest BCUT2D eigenvalue weighted by Gasteiger charge is -2.23. The molecule has 0 saturated heterocycles. The van der Waals surface area contributed by atoms with Gasteiger partial charge in [0, 0.05) is 23.6 Å². The number of hydrogen-bond donors (Lipinski definition) is 0. The normalized spacial score (nSPS) is 12.4. The molecule has 4 aromatic carbocycles. The van der Waals surface area contributed by atoms with Gasteiger partial charge >= 0.3 is 11.9 Å². The molecule has 0 aliphatic rings. The van der Waals surface area contributed by atoms with E-state index in [1.807, 2.05) is 78.9 Å². The lowest BCUT2D eigenvalue weighted by Crippen LogP contribution is -2.26. The van der Waals surface area contributed by atoms with Gasteiger partial charge in [-0.3, -0.25) is 14.2 Å². The van der Waals surface area contributed by atoms with Crippen LogP contribution in [-0.2, 0) is 20.7 Å². The van der Waals surface area contributed by atoms with Gasteiger partial charge < -0.3 is 9.47 Å². The topological polar surface area (TPSA) is 74.6 Å². The van der Waals surface area contributed by atoms with Crippen molar-refractivity contribution in [3.63, 3.8) is 0 Å². The highest BCUT2D eigenvalue weighted by Gasteiger charge is 2.28. The molecule has 0 radical (unpaired) electrons. The number of nitrogens with zero attached hydrogens (tertiary/aromatic N) is 1. The van der Waals surface area contributed by atoms with Crippen LogP contribution in [0.2, 0.25) is 0 Å². The highest BCUT2D eigenvalue weighted by Crippen LogP contribution is 2.30. The molecule has 0 aliphatic heterocycles. The first kappa shape index (κ1) is 27.6. The number of esters is 2. The highest BCUT2D eigenvalue weighted by atomic mass is 16.5. The van der Waals surface area contributed by atoms with Crippen LogP contribution in [-0.4, -0.2) is 35.6 Å². The molecule has 0 aliphatic carbocycles. The van der Waals surface area contributed by atoms with Crippen LogP contribution < -0.4 is 0 Å². The number of aryl methyl sites for hydroxylation is 1. The summed E-state index contributed by atoms with van der Waals surface area (Å²) < 4.78 is 12.8. The van der Waals surface area contributed by atoms with Crippen molar-refractivity contribution in [3.05, 3.63) is 144 Å². The molecule has 5 rings (SSSR count). The van der Waals surface area contributed by atoms with Crippen molar-refractivity contribution in [2.24, 2.45) is 0 Å². The lowest BCUT2D eigenvalue weighted by molar-refractivity contribution is -0.143. The number of benzene rings is 4. The third kappa shape index (κ3) is 6.61. The van der Waals surface area contributed by atoms with E-state index in [0.29, 0.717) is 24.0 Å². The van der Waals surface area contributed by atoms with E-state index >= 15 is 0 Å². The Hall–Kier alpha value is -4.97. The van der Waals surface area contributed by atoms with Crippen molar-refractivity contribution >= 4 is 28.7 Å². The van der Waals surface area contributed by atoms with Gasteiger partial charge in [-0.05, 0) is 66.4 Å². The summed E-state index contributed by atoms with van der Waals surface area (Å²) in [5.74, 6) is -1.64. The van der Waals surface area contributed by atoms with Crippen molar-refractivity contribution in [2.45, 2.75) is 31.3 Å². The first-order chi connectivity index (χ1) is 20.0. The number of ether oxygens (including phenoxy) is 2. The number of methoxy groups -OCH3 is 1. The molecule has 6 nitrogen and oxygen atoms in total. The Morgan fingerprint density at radius 1 is 0.756 bits per heavy atom. The van der Waals surface area contributed by atoms with Gasteiger partial charge in [-0.15, -0.1) is 0 Å². The van der Waals surface area contributed by atoms with E-state index < -0.39 is 24.0 Å². The third-order valence-electron chi connectivity index (χ3n) is 7.22. The molecule has 41 heavy (non-hydrogen) atoms. The molecule has 0 saturated carbocycles. The van der Waals surface area contributed by atoms with Crippen LogP contribution in [0.1, 0.15) is 50.6 Å². The minimum Gasteiger partial charge on any atom is -0.469 e. The molecule has 1 aromatic heterocycles. The predicted molar refractivity (Wildman–Crippen MR) is 158 cm³/mol. The zero-order chi connectivity index (χ0) is 28.6. The SMILES string of the molecule is COC(=O)C(CC(CCc1ccccc1)OC(=O)c1ccccc1)c1ccc2c(ccn2C(=O)c2ccccc2)c1. The average Bonchev–Trinajstić information content (AvgIpc) is 3.46. The summed E-state index contributed by atoms with van der Waals surface area (Å²) in [6.45, 7) is 0. The van der Waals surface area contributed by atoms with E-state index in [4.69, 9.17) is 9.47 Å². The first-order valence-electron chi connectivity index (χ1n) is 13.6. The Morgan fingerprint density at radius 2 is 1.39 bits per heavy atom. The fraction of sp³-hybridized carbons (Fsp3) is 0.171. The Kier molecular flexibility index (Phi) is 8.70. The van der Waals surface area contributed by atoms with Crippen molar-refractivity contribution in [3.8, 4) is 0 Å². The summed E-state index contributed by atoms with van der Waals surface area (Å²) in [7, 11) is 1.36. The Bertz CT molecular complexity index is 1630. The Balaban J connectivity index is 1.42. The number of fused-ring (bicyclic) bond motifs is 1. The summed E-state index contributed by atoms with van der Waals surface area (Å²) in [6, 6.07) is 35.3. The second kappa shape index (κ2) is 12.9. The molecule has 0 spiro atoms. The van der Waals surface area contributed by atoms with Gasteiger partial charge in [0.2, 0.25) is 0 Å². The number of aromatic nitrogens is 1. The summed E-state index contributed by atoms with van der Waals surface area (Å²) >= 11 is 0. The molecule has 0 N–H and O–H groups in total. The van der Waals surface area contributed by atoms with Gasteiger partial charge in [0.15, 0.2) is 0 Å². The van der Waals surface area contributed by atoms with E-state index in [9.17, 15) is 14.4 Å². The van der Waals surface area contributed by atoms with Gasteiger partial charge in [-0.25, -0.2) is 4.79 Å². The summed E-state index contributed by atoms with van der Waals surface area (Å²) in [5, 5.41) is 0.822. The predicted octanol–water partition coefficient (Wildman–Crippen LogP) is 6.83. The van der Waals surface area contributed by atoms with E-state index in [0.717, 1.165) is 22.0 Å². The maximum Gasteiger partial charge on any atom is 0.338 e. The second-order valence-electron chi connectivity index (χ2n) is 9.90. The number of carbonyl (C=O) groups is 3. The monoisotopic (exact) mass is 545 g/mol. The van der Waals surface area contributed by atoms with Crippen LogP contribution in [0.5, 0.6) is 0 Å². The summed E-state index contributed by atoms with van der Waals surface area (Å²) in [4.78, 5) is 39.2. The summed E-state index contributed by atoms with van der Waals surface area (Å²) in [5.41, 5.74) is 3.63. The largest absolute Gasteiger partial charge is 0.469 e. The standard InChI is InChI=1S/C35H31NO5/c1-40-35(39)31(28-18-20-32-29(23-28)21-22-36(32)33(37)26-13-7-3-8-14-26)24-30(19-17-25-11-5-2-6-12-25)41-34(38)27-15-9-4-10-16-27/h2-16,18,20-23,30-31H,17,19,24H2,1H3. The lowest BCUT2D eigenvalue weighted by atomic mass is 9.90. The van der Waals surface area contributed by atoms with Crippen LogP contribution >= 0.6 is 0 Å². The molecule has 206 valence electrons. The minimum absolute atomic E-state index is 0.133. The number of rotatable bonds is 10. The molecule has 6 heteroatoms. The average molecular weight is 546 g/mol. The van der Waals surface area contributed by atoms with Crippen LogP contribution in [0, 0.1) is 0 Å². The number of carbonyl (C=O) groups excluding carboxylic acids is 3. The van der Waals surface area contributed by atoms with Gasteiger partial charge in [-0.1, -0.05) is 72.8 Å². The first-order valence-corrected chi connectivity index (χ1v) is 13.6. The Labute approximate surface area is 239 Å². The van der Waals surface area contributed by atoms with E-state index in [1.54, 1.807) is 47.2 Å². The van der Waals surface area contributed by atoms with Crippen LogP contribution in [0.25, 0.3) is 10.9 Å². The van der Waals surface area contributed by atoms with Crippen molar-refractivity contribution in [2.75, 3.05) is 7.11 Å². The number of hydrogen-bond acceptors (Lipinski definition) is 5. The molecular formula is C35H31NO5. The molecule has 0 fully saturated rings. The van der Waals surface area contributed by atoms with Crippen molar-refractivity contribution < 1.29 is 23.9 Å². The van der Waals surface area contributed by atoms with Crippen LogP contribution in [0.3, 0.4) is 0 Å². The minimum atomic E-state index is -0.665. The van der Waals surface area contributed by atoms with E-state index in [-0.39, 0.29) is 12.3 Å². The Morgan fingerprint density at radius 3 is 2.05 bits per heavy atom. The fourth-order valence-electron chi connectivity index (χ4n) is 5.04. The second-order valence-corrected chi connectivity index (χ2v) is 9.90. The molecule has 0 bridgehead atoms. The van der Waals surface area contributed by atoms with Gasteiger partial charge in [0.25, 0.3) is 5.91 Å². The molecular weight excluding hydrogens is 514 g/mol. The molecule has 2 atom stereocenters. The summed E-state index contributed by atoms with van der Waals surface area (Å²) in [6.07, 6.45) is 2.69. The van der Waals surface area contributed by atoms with E-state index in [2.05, 4.69) is 0 Å². The van der Waals surface area contributed by atoms with E-state index in [1.165, 1.54) is 7.11 Å². The maximum atomic E-state index is 13.1. The molecule has 2 unspecified atom stereocenters. The van der Waals surface area contributed by atoms with Gasteiger partial charge in [0.1, 0.15) is 6.10 Å². The quantitative estimate of drug-likeness (QED) is 0.180. The van der Waals surface area contributed by atoms with Crippen LogP contribution in [0.15, 0.2) is 121 Å². The van der Waals surface area contributed by atoms with Gasteiger partial charge in [-0.2, -0.15) is 0 Å². The highest BCUT2D eigenvalue weighted by molar-refractivity contribution is 6.02. The van der Waals surface area contributed by atoms with Crippen molar-refractivity contribution in [1.29, 1.82) is 0 Å². The maximum absolute atomic E-state index is 13.1. The zero-order valence-electron chi connectivity index (χ0n) is 22.8. The fourth-order valence-corrected chi connectivity index (χ4v) is 5.04. The zero-order valence-corrected chi connectivity index (χ0v) is 22.8. The molecule has 1 heterocycles. The van der Waals surface area contributed by atoms with Crippen LogP contribution in [0.4, 0.5) is 0 Å². The molecule has 0 amide bonds. The van der Waals surface area contributed by atoms with Gasteiger partial charge in [0.05, 0.1) is 24.1 Å². The van der Waals surface area contributed by atoms with Crippen molar-refractivity contribution in [1.82, 2.24) is 4.57 Å². The smallest absolute Gasteiger partial charge is 0.338 e. The molecule has 5 aromatic rings.